The first-order chi connectivity index (χ1) is 15.5. The molecule has 3 aromatic carbocycles. The molecule has 1 aliphatic carbocycles. The molecule has 6 heteroatoms. The molecule has 2 atom stereocenters. The molecule has 0 aromatic heterocycles. The third-order valence-corrected chi connectivity index (χ3v) is 6.65. The van der Waals surface area contributed by atoms with Crippen LogP contribution in [0.4, 0.5) is 15.8 Å². The summed E-state index contributed by atoms with van der Waals surface area (Å²) in [5.41, 5.74) is 4.55. The van der Waals surface area contributed by atoms with Gasteiger partial charge in [-0.05, 0) is 48.4 Å². The van der Waals surface area contributed by atoms with Gasteiger partial charge in [0.1, 0.15) is 11.6 Å². The van der Waals surface area contributed by atoms with E-state index in [4.69, 9.17) is 4.74 Å². The minimum atomic E-state index is -0.593. The SMILES string of the molecule is COc1ccccc1C1CC(=O)C2=C(C1)Nc1ccccc1NC2c1cc(Br)ccc1F. The average Bonchev–Trinajstić information content (AvgIpc) is 2.97. The van der Waals surface area contributed by atoms with Gasteiger partial charge in [-0.1, -0.05) is 46.3 Å². The highest BCUT2D eigenvalue weighted by Gasteiger charge is 2.37. The topological polar surface area (TPSA) is 50.4 Å². The van der Waals surface area contributed by atoms with Gasteiger partial charge >= 0.3 is 0 Å². The van der Waals surface area contributed by atoms with Crippen LogP contribution >= 0.6 is 15.9 Å². The molecular formula is C26H22BrFN2O2. The van der Waals surface area contributed by atoms with Gasteiger partial charge in [0.25, 0.3) is 0 Å². The number of hydrogen-bond donors (Lipinski definition) is 2. The lowest BCUT2D eigenvalue weighted by atomic mass is 9.78. The zero-order valence-electron chi connectivity index (χ0n) is 17.5. The lowest BCUT2D eigenvalue weighted by molar-refractivity contribution is -0.116. The van der Waals surface area contributed by atoms with Crippen molar-refractivity contribution >= 4 is 33.1 Å². The predicted octanol–water partition coefficient (Wildman–Crippen LogP) is 6.58. The van der Waals surface area contributed by atoms with E-state index in [1.54, 1.807) is 19.2 Å². The number of rotatable bonds is 3. The molecule has 5 rings (SSSR count). The van der Waals surface area contributed by atoms with Crippen LogP contribution in [0.1, 0.15) is 35.9 Å². The molecule has 1 aliphatic heterocycles. The van der Waals surface area contributed by atoms with Crippen LogP contribution < -0.4 is 15.4 Å². The van der Waals surface area contributed by atoms with Gasteiger partial charge in [-0.3, -0.25) is 4.79 Å². The first-order valence-electron chi connectivity index (χ1n) is 10.5. The number of para-hydroxylation sites is 3. The summed E-state index contributed by atoms with van der Waals surface area (Å²) < 4.78 is 21.3. The van der Waals surface area contributed by atoms with E-state index in [-0.39, 0.29) is 17.5 Å². The van der Waals surface area contributed by atoms with Gasteiger partial charge in [0, 0.05) is 33.6 Å². The minimum Gasteiger partial charge on any atom is -0.496 e. The largest absolute Gasteiger partial charge is 0.496 e. The number of fused-ring (bicyclic) bond motifs is 1. The lowest BCUT2D eigenvalue weighted by Crippen LogP contribution is -2.27. The highest BCUT2D eigenvalue weighted by Crippen LogP contribution is 2.46. The first-order valence-corrected chi connectivity index (χ1v) is 11.3. The third kappa shape index (κ3) is 3.69. The van der Waals surface area contributed by atoms with E-state index >= 15 is 0 Å². The number of benzene rings is 3. The molecule has 1 heterocycles. The van der Waals surface area contributed by atoms with Gasteiger partial charge in [0.2, 0.25) is 0 Å². The van der Waals surface area contributed by atoms with Crippen LogP contribution in [0.2, 0.25) is 0 Å². The lowest BCUT2D eigenvalue weighted by Gasteiger charge is -2.30. The zero-order valence-corrected chi connectivity index (χ0v) is 19.1. The Kier molecular flexibility index (Phi) is 5.47. The number of Topliss-reactive ketones (excluding diaryl/α,β-unsaturated/α-hetero) is 1. The summed E-state index contributed by atoms with van der Waals surface area (Å²) in [4.78, 5) is 13.6. The Balaban J connectivity index is 1.65. The van der Waals surface area contributed by atoms with E-state index in [9.17, 15) is 9.18 Å². The monoisotopic (exact) mass is 492 g/mol. The van der Waals surface area contributed by atoms with Crippen LogP contribution in [0, 0.1) is 5.82 Å². The summed E-state index contributed by atoms with van der Waals surface area (Å²) in [5.74, 6) is 0.398. The molecule has 0 saturated carbocycles. The fourth-order valence-corrected chi connectivity index (χ4v) is 5.06. The second-order valence-corrected chi connectivity index (χ2v) is 8.99. The van der Waals surface area contributed by atoms with Crippen LogP contribution in [0.15, 0.2) is 82.5 Å². The Morgan fingerprint density at radius 2 is 1.72 bits per heavy atom. The van der Waals surface area contributed by atoms with E-state index in [2.05, 4.69) is 26.6 Å². The maximum Gasteiger partial charge on any atom is 0.163 e. The van der Waals surface area contributed by atoms with Gasteiger partial charge in [0.15, 0.2) is 5.78 Å². The Morgan fingerprint density at radius 3 is 2.53 bits per heavy atom. The Morgan fingerprint density at radius 1 is 0.969 bits per heavy atom. The number of carbonyl (C=O) groups is 1. The molecule has 3 aromatic rings. The summed E-state index contributed by atoms with van der Waals surface area (Å²) in [7, 11) is 1.64. The average molecular weight is 493 g/mol. The summed E-state index contributed by atoms with van der Waals surface area (Å²) in [5, 5.41) is 6.91. The molecule has 2 unspecified atom stereocenters. The number of carbonyl (C=O) groups excluding carboxylic acids is 1. The molecule has 32 heavy (non-hydrogen) atoms. The third-order valence-electron chi connectivity index (χ3n) is 6.16. The number of nitrogens with one attached hydrogen (secondary N) is 2. The van der Waals surface area contributed by atoms with Gasteiger partial charge in [-0.25, -0.2) is 4.39 Å². The van der Waals surface area contributed by atoms with Crippen molar-refractivity contribution < 1.29 is 13.9 Å². The molecule has 0 amide bonds. The van der Waals surface area contributed by atoms with Crippen LogP contribution in [-0.2, 0) is 4.79 Å². The van der Waals surface area contributed by atoms with Crippen molar-refractivity contribution in [3.8, 4) is 5.75 Å². The van der Waals surface area contributed by atoms with E-state index in [1.807, 2.05) is 48.5 Å². The highest BCUT2D eigenvalue weighted by molar-refractivity contribution is 9.10. The van der Waals surface area contributed by atoms with Crippen molar-refractivity contribution in [3.63, 3.8) is 0 Å². The molecule has 162 valence electrons. The second kappa shape index (κ2) is 8.43. The van der Waals surface area contributed by atoms with Crippen molar-refractivity contribution in [1.29, 1.82) is 0 Å². The van der Waals surface area contributed by atoms with Crippen molar-refractivity contribution in [1.82, 2.24) is 0 Å². The Labute approximate surface area is 194 Å². The molecule has 0 saturated heterocycles. The fourth-order valence-electron chi connectivity index (χ4n) is 4.69. The molecular weight excluding hydrogens is 471 g/mol. The minimum absolute atomic E-state index is 0.000613. The molecule has 2 N–H and O–H groups in total. The maximum absolute atomic E-state index is 15.0. The van der Waals surface area contributed by atoms with Crippen LogP contribution in [0.5, 0.6) is 5.75 Å². The Hall–Kier alpha value is -3.12. The summed E-state index contributed by atoms with van der Waals surface area (Å²) in [6, 6.07) is 19.8. The van der Waals surface area contributed by atoms with Gasteiger partial charge < -0.3 is 15.4 Å². The van der Waals surface area contributed by atoms with Gasteiger partial charge in [0.05, 0.1) is 24.5 Å². The van der Waals surface area contributed by atoms with Gasteiger partial charge in [-0.2, -0.15) is 0 Å². The fraction of sp³-hybridized carbons (Fsp3) is 0.192. The smallest absolute Gasteiger partial charge is 0.163 e. The number of allylic oxidation sites excluding steroid dienone is 1. The molecule has 0 bridgehead atoms. The number of ketones is 1. The standard InChI is InChI=1S/C26H22BrFN2O2/c1-32-24-9-5-2-6-17(24)15-12-22-25(23(31)13-15)26(18-14-16(27)10-11-19(18)28)30-21-8-4-3-7-20(21)29-22/h2-11,14-15,26,29-30H,12-13H2,1H3. The van der Waals surface area contributed by atoms with E-state index in [0.717, 1.165) is 32.9 Å². The van der Waals surface area contributed by atoms with Crippen molar-refractivity contribution in [3.05, 3.63) is 99.4 Å². The molecule has 2 aliphatic rings. The van der Waals surface area contributed by atoms with E-state index in [1.165, 1.54) is 6.07 Å². The maximum atomic E-state index is 15.0. The predicted molar refractivity (Wildman–Crippen MR) is 128 cm³/mol. The van der Waals surface area contributed by atoms with Crippen molar-refractivity contribution in [2.24, 2.45) is 0 Å². The molecule has 0 fully saturated rings. The first kappa shape index (κ1) is 20.8. The molecule has 0 radical (unpaired) electrons. The molecule has 0 spiro atoms. The molecule has 4 nitrogen and oxygen atoms in total. The van der Waals surface area contributed by atoms with Crippen LogP contribution in [0.25, 0.3) is 0 Å². The van der Waals surface area contributed by atoms with Gasteiger partial charge in [-0.15, -0.1) is 0 Å². The van der Waals surface area contributed by atoms with Crippen LogP contribution in [0.3, 0.4) is 0 Å². The zero-order chi connectivity index (χ0) is 22.2. The number of hydrogen-bond acceptors (Lipinski definition) is 4. The van der Waals surface area contributed by atoms with E-state index < -0.39 is 6.04 Å². The Bertz CT molecular complexity index is 1240. The normalized spacial score (nSPS) is 19.9. The number of halogens is 2. The number of anilines is 2. The van der Waals surface area contributed by atoms with Crippen LogP contribution in [-0.4, -0.2) is 12.9 Å². The quantitative estimate of drug-likeness (QED) is 0.433. The highest BCUT2D eigenvalue weighted by atomic mass is 79.9. The second-order valence-electron chi connectivity index (χ2n) is 8.08. The number of methoxy groups -OCH3 is 1. The summed E-state index contributed by atoms with van der Waals surface area (Å²) in [6.45, 7) is 0. The number of ether oxygens (including phenoxy) is 1. The summed E-state index contributed by atoms with van der Waals surface area (Å²) in [6.07, 6.45) is 0.967. The summed E-state index contributed by atoms with van der Waals surface area (Å²) >= 11 is 3.45. The van der Waals surface area contributed by atoms with Crippen molar-refractivity contribution in [2.45, 2.75) is 24.8 Å². The van der Waals surface area contributed by atoms with E-state index in [0.29, 0.717) is 24.0 Å². The van der Waals surface area contributed by atoms with Crippen molar-refractivity contribution in [2.75, 3.05) is 17.7 Å².